The minimum Gasteiger partial charge on any atom is -0.477 e. The highest BCUT2D eigenvalue weighted by atomic mass is 16.4. The van der Waals surface area contributed by atoms with Gasteiger partial charge in [0.15, 0.2) is 5.65 Å². The predicted octanol–water partition coefficient (Wildman–Crippen LogP) is 0.783. The van der Waals surface area contributed by atoms with Gasteiger partial charge in [-0.25, -0.2) is 14.3 Å². The Hall–Kier alpha value is -2.96. The van der Waals surface area contributed by atoms with Gasteiger partial charge in [0.05, 0.1) is 5.69 Å². The van der Waals surface area contributed by atoms with E-state index in [9.17, 15) is 9.59 Å². The van der Waals surface area contributed by atoms with Gasteiger partial charge in [-0.05, 0) is 12.1 Å². The second kappa shape index (κ2) is 4.05. The number of hydrogen-bond acceptors (Lipinski definition) is 4. The molecule has 0 fully saturated rings. The van der Waals surface area contributed by atoms with Gasteiger partial charge in [-0.1, -0.05) is 0 Å². The Bertz CT molecular complexity index is 820. The first kappa shape index (κ1) is 11.1. The van der Waals surface area contributed by atoms with Crippen LogP contribution in [0.2, 0.25) is 0 Å². The molecule has 0 atom stereocenters. The van der Waals surface area contributed by atoms with Crippen LogP contribution < -0.4 is 5.56 Å². The first-order valence-corrected chi connectivity index (χ1v) is 5.42. The molecule has 0 saturated carbocycles. The van der Waals surface area contributed by atoms with Crippen LogP contribution in [0.1, 0.15) is 10.5 Å². The number of carbonyl (C=O) groups is 1. The molecule has 0 amide bonds. The summed E-state index contributed by atoms with van der Waals surface area (Å²) in [6.45, 7) is 0. The molecule has 0 spiro atoms. The number of pyridine rings is 1. The highest BCUT2D eigenvalue weighted by Gasteiger charge is 2.11. The Morgan fingerprint density at radius 3 is 2.89 bits per heavy atom. The average Bonchev–Trinajstić information content (AvgIpc) is 2.84. The van der Waals surface area contributed by atoms with Crippen LogP contribution in [0, 0.1) is 0 Å². The lowest BCUT2D eigenvalue weighted by Gasteiger charge is -1.99. The molecule has 0 unspecified atom stereocenters. The lowest BCUT2D eigenvalue weighted by molar-refractivity contribution is 0.0690. The zero-order chi connectivity index (χ0) is 13.4. The Labute approximate surface area is 106 Å². The van der Waals surface area contributed by atoms with Crippen molar-refractivity contribution in [2.24, 2.45) is 0 Å². The summed E-state index contributed by atoms with van der Waals surface area (Å²) in [4.78, 5) is 30.9. The first-order valence-electron chi connectivity index (χ1n) is 5.42. The fraction of sp³-hybridized carbons (Fsp3) is 0. The molecule has 7 heteroatoms. The lowest BCUT2D eigenvalue weighted by Crippen LogP contribution is -2.14. The molecular formula is C12H8N4O3. The van der Waals surface area contributed by atoms with E-state index in [0.29, 0.717) is 11.3 Å². The van der Waals surface area contributed by atoms with Gasteiger partial charge in [-0.2, -0.15) is 0 Å². The van der Waals surface area contributed by atoms with Gasteiger partial charge in [-0.3, -0.25) is 14.9 Å². The standard InChI is InChI=1S/C12H8N4O3/c17-11-5-8(7-2-1-3-13-6-7)14-10-4-9(12(18)19)15-16(10)11/h1-6,15H,(H,18,19). The van der Waals surface area contributed by atoms with Crippen molar-refractivity contribution in [3.05, 3.63) is 52.7 Å². The zero-order valence-electron chi connectivity index (χ0n) is 9.57. The van der Waals surface area contributed by atoms with Crippen LogP contribution in [0.25, 0.3) is 16.9 Å². The van der Waals surface area contributed by atoms with Crippen molar-refractivity contribution in [2.45, 2.75) is 0 Å². The molecule has 94 valence electrons. The molecule has 19 heavy (non-hydrogen) atoms. The van der Waals surface area contributed by atoms with Crippen molar-refractivity contribution in [1.29, 1.82) is 0 Å². The third kappa shape index (κ3) is 1.86. The number of aromatic carboxylic acids is 1. The summed E-state index contributed by atoms with van der Waals surface area (Å²) in [7, 11) is 0. The molecule has 0 saturated heterocycles. The van der Waals surface area contributed by atoms with Crippen molar-refractivity contribution in [1.82, 2.24) is 19.6 Å². The zero-order valence-corrected chi connectivity index (χ0v) is 9.57. The smallest absolute Gasteiger partial charge is 0.353 e. The maximum absolute atomic E-state index is 11.9. The summed E-state index contributed by atoms with van der Waals surface area (Å²) in [5.41, 5.74) is 0.933. The maximum Gasteiger partial charge on any atom is 0.353 e. The van der Waals surface area contributed by atoms with Crippen LogP contribution in [0.3, 0.4) is 0 Å². The van der Waals surface area contributed by atoms with Crippen LogP contribution in [0.15, 0.2) is 41.5 Å². The van der Waals surface area contributed by atoms with Crippen molar-refractivity contribution in [3.63, 3.8) is 0 Å². The van der Waals surface area contributed by atoms with Gasteiger partial charge in [0, 0.05) is 30.1 Å². The highest BCUT2D eigenvalue weighted by molar-refractivity contribution is 5.86. The lowest BCUT2D eigenvalue weighted by atomic mass is 10.2. The minimum absolute atomic E-state index is 0.0899. The van der Waals surface area contributed by atoms with E-state index in [4.69, 9.17) is 5.11 Å². The maximum atomic E-state index is 11.9. The molecule has 0 aliphatic heterocycles. The third-order valence-electron chi connectivity index (χ3n) is 2.64. The molecular weight excluding hydrogens is 248 g/mol. The van der Waals surface area contributed by atoms with Gasteiger partial charge >= 0.3 is 5.97 Å². The second-order valence-electron chi connectivity index (χ2n) is 3.89. The number of hydrogen-bond donors (Lipinski definition) is 2. The largest absolute Gasteiger partial charge is 0.477 e. The van der Waals surface area contributed by atoms with Gasteiger partial charge in [-0.15, -0.1) is 0 Å². The minimum atomic E-state index is -1.15. The summed E-state index contributed by atoms with van der Waals surface area (Å²) >= 11 is 0. The Morgan fingerprint density at radius 1 is 1.37 bits per heavy atom. The first-order chi connectivity index (χ1) is 9.15. The van der Waals surface area contributed by atoms with Gasteiger partial charge in [0.1, 0.15) is 5.69 Å². The number of H-pyrrole nitrogens is 1. The summed E-state index contributed by atoms with van der Waals surface area (Å²) in [5.74, 6) is -1.15. The van der Waals surface area contributed by atoms with Gasteiger partial charge < -0.3 is 5.11 Å². The quantitative estimate of drug-likeness (QED) is 0.705. The molecule has 0 aromatic carbocycles. The summed E-state index contributed by atoms with van der Waals surface area (Å²) < 4.78 is 1.09. The van der Waals surface area contributed by atoms with E-state index >= 15 is 0 Å². The van der Waals surface area contributed by atoms with E-state index < -0.39 is 5.97 Å². The topological polar surface area (TPSA) is 100 Å². The predicted molar refractivity (Wildman–Crippen MR) is 66.0 cm³/mol. The summed E-state index contributed by atoms with van der Waals surface area (Å²) in [6.07, 6.45) is 3.21. The summed E-state index contributed by atoms with van der Waals surface area (Å²) in [6, 6.07) is 6.14. The fourth-order valence-electron chi connectivity index (χ4n) is 1.76. The number of nitrogens with zero attached hydrogens (tertiary/aromatic N) is 3. The van der Waals surface area contributed by atoms with E-state index in [2.05, 4.69) is 15.1 Å². The second-order valence-corrected chi connectivity index (χ2v) is 3.89. The van der Waals surface area contributed by atoms with Gasteiger partial charge in [0.25, 0.3) is 5.56 Å². The Morgan fingerprint density at radius 2 is 2.21 bits per heavy atom. The highest BCUT2D eigenvalue weighted by Crippen LogP contribution is 2.14. The molecule has 3 rings (SSSR count). The number of carboxylic acids is 1. The van der Waals surface area contributed by atoms with Crippen molar-refractivity contribution in [3.8, 4) is 11.3 Å². The number of fused-ring (bicyclic) bond motifs is 1. The molecule has 2 N–H and O–H groups in total. The molecule has 7 nitrogen and oxygen atoms in total. The fourth-order valence-corrected chi connectivity index (χ4v) is 1.76. The van der Waals surface area contributed by atoms with E-state index in [-0.39, 0.29) is 16.9 Å². The van der Waals surface area contributed by atoms with Crippen LogP contribution in [-0.2, 0) is 0 Å². The molecule has 3 heterocycles. The van der Waals surface area contributed by atoms with Crippen LogP contribution in [0.5, 0.6) is 0 Å². The molecule has 3 aromatic heterocycles. The van der Waals surface area contributed by atoms with Crippen molar-refractivity contribution >= 4 is 11.6 Å². The van der Waals surface area contributed by atoms with Crippen molar-refractivity contribution < 1.29 is 9.90 Å². The number of aromatic amines is 1. The van der Waals surface area contributed by atoms with E-state index in [1.807, 2.05) is 0 Å². The monoisotopic (exact) mass is 256 g/mol. The van der Waals surface area contributed by atoms with Gasteiger partial charge in [0.2, 0.25) is 0 Å². The number of carboxylic acid groups (broad SMARTS) is 1. The van der Waals surface area contributed by atoms with E-state index in [0.717, 1.165) is 4.52 Å². The number of aromatic nitrogens is 4. The number of rotatable bonds is 2. The Balaban J connectivity index is 2.25. The molecule has 0 radical (unpaired) electrons. The average molecular weight is 256 g/mol. The van der Waals surface area contributed by atoms with E-state index in [1.165, 1.54) is 12.1 Å². The van der Waals surface area contributed by atoms with E-state index in [1.54, 1.807) is 24.5 Å². The third-order valence-corrected chi connectivity index (χ3v) is 2.64. The molecule has 0 aliphatic rings. The van der Waals surface area contributed by atoms with Crippen LogP contribution in [0.4, 0.5) is 0 Å². The molecule has 3 aromatic rings. The summed E-state index contributed by atoms with van der Waals surface area (Å²) in [5, 5.41) is 11.3. The molecule has 0 bridgehead atoms. The molecule has 0 aliphatic carbocycles. The van der Waals surface area contributed by atoms with Crippen LogP contribution in [-0.4, -0.2) is 30.7 Å². The van der Waals surface area contributed by atoms with Crippen molar-refractivity contribution in [2.75, 3.05) is 0 Å². The SMILES string of the molecule is O=C(O)c1cc2nc(-c3cccnc3)cc(=O)n2[nH]1. The van der Waals surface area contributed by atoms with Crippen LogP contribution >= 0.6 is 0 Å². The Kier molecular flexibility index (Phi) is 2.38. The normalized spacial score (nSPS) is 10.7. The number of nitrogens with one attached hydrogen (secondary N) is 1.